The van der Waals surface area contributed by atoms with Crippen LogP contribution < -0.4 is 10.1 Å². The third-order valence-electron chi connectivity index (χ3n) is 3.96. The van der Waals surface area contributed by atoms with Crippen LogP contribution in [0.15, 0.2) is 24.3 Å². The van der Waals surface area contributed by atoms with Gasteiger partial charge < -0.3 is 15.0 Å². The zero-order valence-corrected chi connectivity index (χ0v) is 12.7. The predicted molar refractivity (Wildman–Crippen MR) is 80.0 cm³/mol. The van der Waals surface area contributed by atoms with Gasteiger partial charge in [-0.05, 0) is 50.0 Å². The molecule has 0 atom stereocenters. The number of halogens is 2. The number of carbonyl (C=O) groups excluding carboxylic acids is 1. The van der Waals surface area contributed by atoms with Crippen molar-refractivity contribution in [1.82, 2.24) is 10.2 Å². The minimum atomic E-state index is -2.83. The van der Waals surface area contributed by atoms with Gasteiger partial charge in [-0.1, -0.05) is 12.1 Å². The molecule has 1 aromatic rings. The third kappa shape index (κ3) is 4.94. The fourth-order valence-corrected chi connectivity index (χ4v) is 2.75. The van der Waals surface area contributed by atoms with E-state index >= 15 is 0 Å². The van der Waals surface area contributed by atoms with Crippen molar-refractivity contribution in [2.75, 3.05) is 26.7 Å². The lowest BCUT2D eigenvalue weighted by molar-refractivity contribution is -0.131. The number of amides is 1. The Hall–Kier alpha value is -1.69. The van der Waals surface area contributed by atoms with E-state index < -0.39 is 6.61 Å². The van der Waals surface area contributed by atoms with Crippen LogP contribution in [-0.4, -0.2) is 44.1 Å². The number of carbonyl (C=O) groups is 1. The Morgan fingerprint density at radius 1 is 1.32 bits per heavy atom. The first-order chi connectivity index (χ1) is 10.6. The van der Waals surface area contributed by atoms with Crippen LogP contribution in [-0.2, 0) is 11.2 Å². The molecule has 1 aliphatic rings. The number of hydrogen-bond acceptors (Lipinski definition) is 3. The maximum Gasteiger partial charge on any atom is 0.387 e. The SMILES string of the molecule is CNCC1CCN(C(=O)Cc2ccc(OC(F)F)cc2)CC1. The summed E-state index contributed by atoms with van der Waals surface area (Å²) in [6.07, 6.45) is 2.34. The molecule has 0 saturated carbocycles. The molecule has 1 heterocycles. The Bertz CT molecular complexity index is 472. The molecule has 0 bridgehead atoms. The molecule has 122 valence electrons. The van der Waals surface area contributed by atoms with Gasteiger partial charge in [0.05, 0.1) is 6.42 Å². The van der Waals surface area contributed by atoms with Gasteiger partial charge in [-0.2, -0.15) is 8.78 Å². The van der Waals surface area contributed by atoms with E-state index in [1.165, 1.54) is 12.1 Å². The summed E-state index contributed by atoms with van der Waals surface area (Å²) < 4.78 is 28.4. The molecular weight excluding hydrogens is 290 g/mol. The summed E-state index contributed by atoms with van der Waals surface area (Å²) in [6.45, 7) is -0.255. The van der Waals surface area contributed by atoms with Crippen LogP contribution in [0.4, 0.5) is 8.78 Å². The normalized spacial score (nSPS) is 16.1. The fourth-order valence-electron chi connectivity index (χ4n) is 2.75. The second kappa shape index (κ2) is 8.08. The van der Waals surface area contributed by atoms with E-state index in [4.69, 9.17) is 0 Å². The van der Waals surface area contributed by atoms with E-state index in [0.29, 0.717) is 12.3 Å². The number of benzene rings is 1. The summed E-state index contributed by atoms with van der Waals surface area (Å²) in [6, 6.07) is 6.24. The number of hydrogen-bond donors (Lipinski definition) is 1. The lowest BCUT2D eigenvalue weighted by Gasteiger charge is -2.32. The molecule has 22 heavy (non-hydrogen) atoms. The van der Waals surface area contributed by atoms with Crippen LogP contribution in [0, 0.1) is 5.92 Å². The van der Waals surface area contributed by atoms with Crippen molar-refractivity contribution < 1.29 is 18.3 Å². The third-order valence-corrected chi connectivity index (χ3v) is 3.96. The maximum absolute atomic E-state index is 12.3. The number of alkyl halides is 2. The Morgan fingerprint density at radius 2 is 1.95 bits per heavy atom. The molecule has 1 N–H and O–H groups in total. The average Bonchev–Trinajstić information content (AvgIpc) is 2.50. The maximum atomic E-state index is 12.3. The van der Waals surface area contributed by atoms with Gasteiger partial charge in [0.1, 0.15) is 5.75 Å². The number of piperidine rings is 1. The summed E-state index contributed by atoms with van der Waals surface area (Å²) in [7, 11) is 1.94. The molecule has 2 rings (SSSR count). The lowest BCUT2D eigenvalue weighted by atomic mass is 9.96. The summed E-state index contributed by atoms with van der Waals surface area (Å²) >= 11 is 0. The van der Waals surface area contributed by atoms with Gasteiger partial charge in [0, 0.05) is 13.1 Å². The molecule has 0 spiro atoms. The second-order valence-corrected chi connectivity index (χ2v) is 5.58. The molecule has 6 heteroatoms. The molecule has 1 aliphatic heterocycles. The number of nitrogens with zero attached hydrogens (tertiary/aromatic N) is 1. The van der Waals surface area contributed by atoms with Crippen molar-refractivity contribution in [2.24, 2.45) is 5.92 Å². The predicted octanol–water partition coefficient (Wildman–Crippen LogP) is 2.29. The van der Waals surface area contributed by atoms with Crippen molar-refractivity contribution in [3.05, 3.63) is 29.8 Å². The van der Waals surface area contributed by atoms with Crippen LogP contribution in [0.2, 0.25) is 0 Å². The number of ether oxygens (including phenoxy) is 1. The van der Waals surface area contributed by atoms with Gasteiger partial charge >= 0.3 is 6.61 Å². The molecule has 0 aromatic heterocycles. The molecule has 4 nitrogen and oxygen atoms in total. The van der Waals surface area contributed by atoms with Crippen LogP contribution in [0.3, 0.4) is 0 Å². The molecule has 0 radical (unpaired) electrons. The summed E-state index contributed by atoms with van der Waals surface area (Å²) in [5, 5.41) is 3.17. The van der Waals surface area contributed by atoms with Crippen LogP contribution >= 0.6 is 0 Å². The first kappa shape index (κ1) is 16.7. The van der Waals surface area contributed by atoms with Crippen molar-refractivity contribution >= 4 is 5.91 Å². The average molecular weight is 312 g/mol. The summed E-state index contributed by atoms with van der Waals surface area (Å²) in [5.74, 6) is 0.837. The highest BCUT2D eigenvalue weighted by atomic mass is 19.3. The van der Waals surface area contributed by atoms with Crippen LogP contribution in [0.5, 0.6) is 5.75 Å². The van der Waals surface area contributed by atoms with Crippen LogP contribution in [0.25, 0.3) is 0 Å². The molecule has 0 unspecified atom stereocenters. The number of rotatable bonds is 6. The van der Waals surface area contributed by atoms with E-state index in [2.05, 4.69) is 10.1 Å². The second-order valence-electron chi connectivity index (χ2n) is 5.58. The lowest BCUT2D eigenvalue weighted by Crippen LogP contribution is -2.41. The van der Waals surface area contributed by atoms with E-state index in [0.717, 1.165) is 38.0 Å². The molecule has 1 aromatic carbocycles. The first-order valence-corrected chi connectivity index (χ1v) is 7.54. The van der Waals surface area contributed by atoms with Crippen molar-refractivity contribution in [2.45, 2.75) is 25.9 Å². The molecule has 0 aliphatic carbocycles. The van der Waals surface area contributed by atoms with Gasteiger partial charge in [-0.3, -0.25) is 4.79 Å². The number of nitrogens with one attached hydrogen (secondary N) is 1. The molecule has 1 amide bonds. The van der Waals surface area contributed by atoms with Gasteiger partial charge in [0.25, 0.3) is 0 Å². The first-order valence-electron chi connectivity index (χ1n) is 7.54. The Kier molecular flexibility index (Phi) is 6.12. The highest BCUT2D eigenvalue weighted by Crippen LogP contribution is 2.19. The zero-order chi connectivity index (χ0) is 15.9. The smallest absolute Gasteiger partial charge is 0.387 e. The van der Waals surface area contributed by atoms with Crippen molar-refractivity contribution in [3.63, 3.8) is 0 Å². The molecule has 1 saturated heterocycles. The summed E-state index contributed by atoms with van der Waals surface area (Å²) in [4.78, 5) is 14.1. The van der Waals surface area contributed by atoms with E-state index in [1.807, 2.05) is 11.9 Å². The monoisotopic (exact) mass is 312 g/mol. The fraction of sp³-hybridized carbons (Fsp3) is 0.562. The van der Waals surface area contributed by atoms with E-state index in [1.54, 1.807) is 12.1 Å². The minimum absolute atomic E-state index is 0.0884. The highest BCUT2D eigenvalue weighted by molar-refractivity contribution is 5.78. The van der Waals surface area contributed by atoms with E-state index in [9.17, 15) is 13.6 Å². The Balaban J connectivity index is 1.82. The standard InChI is InChI=1S/C16H22F2N2O2/c1-19-11-13-6-8-20(9-7-13)15(21)10-12-2-4-14(5-3-12)22-16(17)18/h2-5,13,16,19H,6-11H2,1H3. The van der Waals surface area contributed by atoms with Crippen molar-refractivity contribution in [3.8, 4) is 5.75 Å². The Morgan fingerprint density at radius 3 is 2.50 bits per heavy atom. The van der Waals surface area contributed by atoms with E-state index in [-0.39, 0.29) is 11.7 Å². The van der Waals surface area contributed by atoms with Gasteiger partial charge in [-0.15, -0.1) is 0 Å². The number of likely N-dealkylation sites (tertiary alicyclic amines) is 1. The summed E-state index contributed by atoms with van der Waals surface area (Å²) in [5.41, 5.74) is 0.809. The van der Waals surface area contributed by atoms with Gasteiger partial charge in [0.2, 0.25) is 5.91 Å². The minimum Gasteiger partial charge on any atom is -0.435 e. The Labute approximate surface area is 129 Å². The quantitative estimate of drug-likeness (QED) is 0.876. The van der Waals surface area contributed by atoms with Gasteiger partial charge in [0.15, 0.2) is 0 Å². The molecule has 1 fully saturated rings. The topological polar surface area (TPSA) is 41.6 Å². The largest absolute Gasteiger partial charge is 0.435 e. The molecular formula is C16H22F2N2O2. The van der Waals surface area contributed by atoms with Crippen molar-refractivity contribution in [1.29, 1.82) is 0 Å². The zero-order valence-electron chi connectivity index (χ0n) is 12.7. The highest BCUT2D eigenvalue weighted by Gasteiger charge is 2.22. The van der Waals surface area contributed by atoms with Crippen LogP contribution in [0.1, 0.15) is 18.4 Å². The van der Waals surface area contributed by atoms with Gasteiger partial charge in [-0.25, -0.2) is 0 Å².